The molecule has 1 saturated carbocycles. The van der Waals surface area contributed by atoms with Gasteiger partial charge in [-0.1, -0.05) is 12.1 Å². The normalized spacial score (nSPS) is 14.3. The fourth-order valence-electron chi connectivity index (χ4n) is 3.31. The lowest BCUT2D eigenvalue weighted by Crippen LogP contribution is -2.16. The van der Waals surface area contributed by atoms with Crippen LogP contribution in [0.25, 0.3) is 16.9 Å². The van der Waals surface area contributed by atoms with E-state index in [1.54, 1.807) is 6.20 Å². The van der Waals surface area contributed by atoms with Gasteiger partial charge in [-0.05, 0) is 43.0 Å². The molecule has 0 saturated heterocycles. The van der Waals surface area contributed by atoms with E-state index >= 15 is 0 Å². The molecule has 6 nitrogen and oxygen atoms in total. The van der Waals surface area contributed by atoms with Gasteiger partial charge in [0, 0.05) is 24.7 Å². The maximum absolute atomic E-state index is 12.5. The first kappa shape index (κ1) is 20.3. The number of anilines is 1. The number of nitrogens with one attached hydrogen (secondary N) is 2. The molecule has 1 aromatic carbocycles. The number of carbonyl (C=O) groups excluding carboxylic acids is 1. The molecule has 2 N–H and O–H groups in total. The Morgan fingerprint density at radius 3 is 2.73 bits per heavy atom. The summed E-state index contributed by atoms with van der Waals surface area (Å²) in [6.07, 6.45) is -0.621. The zero-order chi connectivity index (χ0) is 21.3. The Balaban J connectivity index is 1.63. The van der Waals surface area contributed by atoms with Gasteiger partial charge in [0.1, 0.15) is 5.69 Å². The van der Waals surface area contributed by atoms with Gasteiger partial charge >= 0.3 is 6.18 Å². The van der Waals surface area contributed by atoms with Crippen molar-refractivity contribution in [3.63, 3.8) is 0 Å². The van der Waals surface area contributed by atoms with E-state index in [0.717, 1.165) is 17.7 Å². The van der Waals surface area contributed by atoms with Gasteiger partial charge in [0.05, 0.1) is 24.0 Å². The molecular formula is C21H22F3N5O. The van der Waals surface area contributed by atoms with Crippen LogP contribution in [0.5, 0.6) is 0 Å². The Bertz CT molecular complexity index is 1070. The van der Waals surface area contributed by atoms with Crippen molar-refractivity contribution in [3.8, 4) is 11.3 Å². The van der Waals surface area contributed by atoms with Crippen LogP contribution in [-0.2, 0) is 6.54 Å². The molecule has 4 rings (SSSR count). The van der Waals surface area contributed by atoms with Crippen molar-refractivity contribution in [2.75, 3.05) is 11.9 Å². The van der Waals surface area contributed by atoms with Crippen LogP contribution < -0.4 is 10.6 Å². The lowest BCUT2D eigenvalue weighted by atomic mass is 10.0. The number of hydrogen-bond acceptors (Lipinski definition) is 5. The minimum Gasteiger partial charge on any atom is -0.382 e. The van der Waals surface area contributed by atoms with E-state index in [2.05, 4.69) is 20.7 Å². The highest BCUT2D eigenvalue weighted by atomic mass is 19.4. The summed E-state index contributed by atoms with van der Waals surface area (Å²) in [4.78, 5) is 15.7. The molecule has 0 aliphatic heterocycles. The first-order valence-corrected chi connectivity index (χ1v) is 9.82. The smallest absolute Gasteiger partial charge is 0.382 e. The molecule has 0 atom stereocenters. The highest BCUT2D eigenvalue weighted by Gasteiger charge is 2.26. The zero-order valence-electron chi connectivity index (χ0n) is 16.5. The Morgan fingerprint density at radius 1 is 1.27 bits per heavy atom. The maximum atomic E-state index is 12.5. The van der Waals surface area contributed by atoms with Gasteiger partial charge in [-0.3, -0.25) is 4.79 Å². The second kappa shape index (κ2) is 8.06. The number of imidazole rings is 1. The molecule has 158 valence electrons. The van der Waals surface area contributed by atoms with E-state index in [9.17, 15) is 18.0 Å². The monoisotopic (exact) mass is 417 g/mol. The molecule has 3 aromatic rings. The topological polar surface area (TPSA) is 71.3 Å². The van der Waals surface area contributed by atoms with Crippen molar-refractivity contribution in [2.24, 2.45) is 0 Å². The number of halogens is 3. The Kier molecular flexibility index (Phi) is 5.46. The number of nitrogens with zero attached hydrogens (tertiary/aromatic N) is 3. The van der Waals surface area contributed by atoms with Crippen LogP contribution in [0.15, 0.2) is 30.5 Å². The summed E-state index contributed by atoms with van der Waals surface area (Å²) < 4.78 is 38.9. The number of carbonyl (C=O) groups is 1. The van der Waals surface area contributed by atoms with Crippen LogP contribution in [0.1, 0.15) is 40.9 Å². The number of hydrogen-bond donors (Lipinski definition) is 2. The second-order valence-electron chi connectivity index (χ2n) is 7.57. The molecule has 2 heterocycles. The van der Waals surface area contributed by atoms with Gasteiger partial charge in [0.2, 0.25) is 0 Å². The van der Waals surface area contributed by atoms with Gasteiger partial charge in [0.15, 0.2) is 11.9 Å². The minimum absolute atomic E-state index is 0.109. The van der Waals surface area contributed by atoms with Gasteiger partial charge in [0.25, 0.3) is 0 Å². The van der Waals surface area contributed by atoms with Crippen molar-refractivity contribution < 1.29 is 18.0 Å². The van der Waals surface area contributed by atoms with E-state index < -0.39 is 12.6 Å². The van der Waals surface area contributed by atoms with Gasteiger partial charge in [-0.25, -0.2) is 9.50 Å². The van der Waals surface area contributed by atoms with Crippen LogP contribution in [0.3, 0.4) is 0 Å². The van der Waals surface area contributed by atoms with Crippen molar-refractivity contribution in [3.05, 3.63) is 47.3 Å². The Labute approximate surface area is 171 Å². The third-order valence-electron chi connectivity index (χ3n) is 5.13. The molecule has 0 amide bonds. The molecule has 0 radical (unpaired) electrons. The summed E-state index contributed by atoms with van der Waals surface area (Å²) in [7, 11) is 0. The van der Waals surface area contributed by atoms with Gasteiger partial charge in [-0.2, -0.15) is 18.3 Å². The average Bonchev–Trinajstić information content (AvgIpc) is 3.42. The summed E-state index contributed by atoms with van der Waals surface area (Å²) in [5.41, 5.74) is 4.67. The van der Waals surface area contributed by atoms with E-state index in [4.69, 9.17) is 0 Å². The Hall–Kier alpha value is -2.94. The Morgan fingerprint density at radius 2 is 2.07 bits per heavy atom. The van der Waals surface area contributed by atoms with Crippen molar-refractivity contribution >= 4 is 17.6 Å². The van der Waals surface area contributed by atoms with Crippen LogP contribution in [0, 0.1) is 6.92 Å². The van der Waals surface area contributed by atoms with Crippen molar-refractivity contribution in [1.82, 2.24) is 19.9 Å². The summed E-state index contributed by atoms with van der Waals surface area (Å²) in [6.45, 7) is 2.53. The fourth-order valence-corrected chi connectivity index (χ4v) is 3.31. The second-order valence-corrected chi connectivity index (χ2v) is 7.57. The highest BCUT2D eigenvalue weighted by molar-refractivity contribution is 5.80. The maximum Gasteiger partial charge on any atom is 0.390 e. The van der Waals surface area contributed by atoms with E-state index in [1.807, 2.05) is 25.1 Å². The van der Waals surface area contributed by atoms with Crippen LogP contribution in [0.4, 0.5) is 18.9 Å². The molecule has 9 heteroatoms. The van der Waals surface area contributed by atoms with E-state index in [-0.39, 0.29) is 12.2 Å². The predicted molar refractivity (Wildman–Crippen MR) is 108 cm³/mol. The molecule has 0 bridgehead atoms. The minimum atomic E-state index is -4.27. The zero-order valence-corrected chi connectivity index (χ0v) is 16.5. The van der Waals surface area contributed by atoms with Crippen molar-refractivity contribution in [2.45, 2.75) is 44.9 Å². The number of fused-ring (bicyclic) bond motifs is 1. The summed E-state index contributed by atoms with van der Waals surface area (Å²) in [6, 6.07) is 8.07. The lowest BCUT2D eigenvalue weighted by Gasteiger charge is -2.11. The largest absolute Gasteiger partial charge is 0.390 e. The van der Waals surface area contributed by atoms with E-state index in [1.165, 1.54) is 29.0 Å². The third kappa shape index (κ3) is 4.62. The summed E-state index contributed by atoms with van der Waals surface area (Å²) in [5, 5.41) is 10.5. The number of benzene rings is 1. The molecule has 1 fully saturated rings. The number of aldehydes is 1. The van der Waals surface area contributed by atoms with E-state index in [0.29, 0.717) is 29.4 Å². The molecule has 0 spiro atoms. The van der Waals surface area contributed by atoms with Crippen LogP contribution in [-0.4, -0.2) is 39.6 Å². The number of rotatable bonds is 8. The quantitative estimate of drug-likeness (QED) is 0.539. The lowest BCUT2D eigenvalue weighted by molar-refractivity contribution is -0.131. The molecule has 1 aliphatic rings. The average molecular weight is 417 g/mol. The third-order valence-corrected chi connectivity index (χ3v) is 5.13. The summed E-state index contributed by atoms with van der Waals surface area (Å²) in [5.74, 6) is 0. The molecule has 1 aliphatic carbocycles. The molecular weight excluding hydrogens is 395 g/mol. The first-order valence-electron chi connectivity index (χ1n) is 9.82. The summed E-state index contributed by atoms with van der Waals surface area (Å²) >= 11 is 0. The molecule has 0 unspecified atom stereocenters. The van der Waals surface area contributed by atoms with Gasteiger partial charge < -0.3 is 10.6 Å². The van der Waals surface area contributed by atoms with Crippen LogP contribution >= 0.6 is 0 Å². The van der Waals surface area contributed by atoms with Crippen molar-refractivity contribution in [1.29, 1.82) is 0 Å². The highest BCUT2D eigenvalue weighted by Crippen LogP contribution is 2.27. The molecule has 30 heavy (non-hydrogen) atoms. The number of alkyl halides is 3. The molecule has 2 aromatic heterocycles. The number of aryl methyl sites for hydroxylation is 1. The first-order chi connectivity index (χ1) is 14.3. The SMILES string of the molecule is Cc1cc(-c2cnc3c(NCCC(F)(F)F)cc(C=O)nn23)ccc1CNC1CC1. The van der Waals surface area contributed by atoms with Gasteiger partial charge in [-0.15, -0.1) is 0 Å². The fraction of sp³-hybridized carbons (Fsp3) is 0.381. The van der Waals surface area contributed by atoms with Crippen LogP contribution in [0.2, 0.25) is 0 Å². The predicted octanol–water partition coefficient (Wildman–Crippen LogP) is 4.13. The standard InChI is InChI=1S/C21H22F3N5O/c1-13-8-14(2-3-15(13)10-26-16-4-5-16)19-11-27-20-18(25-7-6-21(22,23)24)9-17(12-30)28-29(19)20/h2-3,8-9,11-12,16,25-26H,4-7,10H2,1H3. The number of aromatic nitrogens is 3.